The van der Waals surface area contributed by atoms with Gasteiger partial charge in [0.15, 0.2) is 0 Å². The number of anilines is 2. The highest BCUT2D eigenvalue weighted by Crippen LogP contribution is 2.28. The van der Waals surface area contributed by atoms with E-state index < -0.39 is 10.0 Å². The molecule has 1 aromatic heterocycles. The average molecular weight is 362 g/mol. The Bertz CT molecular complexity index is 860. The van der Waals surface area contributed by atoms with E-state index in [-0.39, 0.29) is 4.90 Å². The highest BCUT2D eigenvalue weighted by atomic mass is 32.2. The molecule has 0 spiro atoms. The summed E-state index contributed by atoms with van der Waals surface area (Å²) in [6, 6.07) is 3.20. The van der Waals surface area contributed by atoms with Gasteiger partial charge in [-0.05, 0) is 49.9 Å². The zero-order valence-corrected chi connectivity index (χ0v) is 15.4. The zero-order valence-electron chi connectivity index (χ0n) is 14.6. The Balaban J connectivity index is 1.83. The molecule has 1 aliphatic rings. The second kappa shape index (κ2) is 6.87. The maximum absolute atomic E-state index is 12.7. The number of nitrogens with one attached hydrogen (secondary N) is 1. The topological polar surface area (TPSA) is 84.4 Å². The third-order valence-electron chi connectivity index (χ3n) is 4.48. The summed E-state index contributed by atoms with van der Waals surface area (Å²) < 4.78 is 33.2. The first-order valence-electron chi connectivity index (χ1n) is 8.16. The van der Waals surface area contributed by atoms with Gasteiger partial charge in [-0.1, -0.05) is 0 Å². The molecule has 1 fully saturated rings. The summed E-state index contributed by atoms with van der Waals surface area (Å²) >= 11 is 0. The SMILES string of the molecule is COc1ccc(S(=O)(=O)Nc2cnc(N3CCCC3)nc2)c(C)c1C. The second-order valence-electron chi connectivity index (χ2n) is 6.09. The van der Waals surface area contributed by atoms with Crippen LogP contribution in [0.4, 0.5) is 11.6 Å². The number of benzene rings is 1. The van der Waals surface area contributed by atoms with Gasteiger partial charge in [-0.15, -0.1) is 0 Å². The van der Waals surface area contributed by atoms with Gasteiger partial charge < -0.3 is 9.64 Å². The van der Waals surface area contributed by atoms with Crippen LogP contribution in [0.25, 0.3) is 0 Å². The molecule has 0 aliphatic carbocycles. The molecule has 134 valence electrons. The normalized spacial score (nSPS) is 14.6. The van der Waals surface area contributed by atoms with Crippen LogP contribution in [0.3, 0.4) is 0 Å². The van der Waals surface area contributed by atoms with Gasteiger partial charge in [-0.2, -0.15) is 0 Å². The first-order chi connectivity index (χ1) is 11.9. The number of hydrogen-bond donors (Lipinski definition) is 1. The first kappa shape index (κ1) is 17.5. The molecule has 7 nitrogen and oxygen atoms in total. The molecule has 0 bridgehead atoms. The molecule has 0 unspecified atom stereocenters. The lowest BCUT2D eigenvalue weighted by atomic mass is 10.1. The maximum Gasteiger partial charge on any atom is 0.262 e. The Labute approximate surface area is 148 Å². The molecule has 2 aromatic rings. The van der Waals surface area contributed by atoms with Crippen LogP contribution >= 0.6 is 0 Å². The summed E-state index contributed by atoms with van der Waals surface area (Å²) in [6.07, 6.45) is 5.27. The van der Waals surface area contributed by atoms with Crippen LogP contribution in [-0.2, 0) is 10.0 Å². The van der Waals surface area contributed by atoms with Gasteiger partial charge in [0, 0.05) is 13.1 Å². The van der Waals surface area contributed by atoms with E-state index in [0.29, 0.717) is 22.9 Å². The lowest BCUT2D eigenvalue weighted by molar-refractivity contribution is 0.411. The van der Waals surface area contributed by atoms with Crippen molar-refractivity contribution < 1.29 is 13.2 Å². The zero-order chi connectivity index (χ0) is 18.0. The molecule has 8 heteroatoms. The van der Waals surface area contributed by atoms with Crippen LogP contribution in [0.5, 0.6) is 5.75 Å². The fourth-order valence-electron chi connectivity index (χ4n) is 2.95. The number of nitrogens with zero attached hydrogens (tertiary/aromatic N) is 3. The monoisotopic (exact) mass is 362 g/mol. The predicted octanol–water partition coefficient (Wildman–Crippen LogP) is 2.50. The van der Waals surface area contributed by atoms with Crippen LogP contribution < -0.4 is 14.4 Å². The van der Waals surface area contributed by atoms with E-state index in [1.165, 1.54) is 12.4 Å². The lowest BCUT2D eigenvalue weighted by Gasteiger charge is -2.16. The van der Waals surface area contributed by atoms with E-state index in [1.54, 1.807) is 26.2 Å². The minimum atomic E-state index is -3.72. The van der Waals surface area contributed by atoms with Crippen LogP contribution in [0.1, 0.15) is 24.0 Å². The summed E-state index contributed by atoms with van der Waals surface area (Å²) in [5, 5.41) is 0. The van der Waals surface area contributed by atoms with Crippen LogP contribution in [0.15, 0.2) is 29.4 Å². The van der Waals surface area contributed by atoms with Gasteiger partial charge in [0.1, 0.15) is 5.75 Å². The van der Waals surface area contributed by atoms with Gasteiger partial charge in [0.25, 0.3) is 10.0 Å². The summed E-state index contributed by atoms with van der Waals surface area (Å²) in [7, 11) is -2.16. The number of rotatable bonds is 5. The minimum Gasteiger partial charge on any atom is -0.496 e. The number of hydrogen-bond acceptors (Lipinski definition) is 6. The molecule has 0 amide bonds. The molecular formula is C17H22N4O3S. The molecule has 2 heterocycles. The van der Waals surface area contributed by atoms with E-state index in [0.717, 1.165) is 31.5 Å². The molecule has 0 saturated carbocycles. The Morgan fingerprint density at radius 2 is 1.72 bits per heavy atom. The lowest BCUT2D eigenvalue weighted by Crippen LogP contribution is -2.21. The number of sulfonamides is 1. The maximum atomic E-state index is 12.7. The summed E-state index contributed by atoms with van der Waals surface area (Å²) in [4.78, 5) is 10.9. The van der Waals surface area contributed by atoms with E-state index in [4.69, 9.17) is 4.74 Å². The molecule has 25 heavy (non-hydrogen) atoms. The van der Waals surface area contributed by atoms with Crippen molar-refractivity contribution in [2.24, 2.45) is 0 Å². The van der Waals surface area contributed by atoms with Crippen LogP contribution in [0, 0.1) is 13.8 Å². The van der Waals surface area contributed by atoms with E-state index in [9.17, 15) is 8.42 Å². The fraction of sp³-hybridized carbons (Fsp3) is 0.412. The van der Waals surface area contributed by atoms with E-state index >= 15 is 0 Å². The van der Waals surface area contributed by atoms with E-state index in [2.05, 4.69) is 19.6 Å². The highest BCUT2D eigenvalue weighted by Gasteiger charge is 2.20. The van der Waals surface area contributed by atoms with Crippen LogP contribution in [0.2, 0.25) is 0 Å². The molecular weight excluding hydrogens is 340 g/mol. The average Bonchev–Trinajstić information content (AvgIpc) is 3.12. The second-order valence-corrected chi connectivity index (χ2v) is 7.74. The van der Waals surface area contributed by atoms with E-state index in [1.807, 2.05) is 6.92 Å². The third-order valence-corrected chi connectivity index (χ3v) is 6.00. The minimum absolute atomic E-state index is 0.217. The third kappa shape index (κ3) is 3.53. The first-order valence-corrected chi connectivity index (χ1v) is 9.64. The molecule has 0 atom stereocenters. The van der Waals surface area contributed by atoms with Crippen LogP contribution in [-0.4, -0.2) is 38.6 Å². The molecule has 1 saturated heterocycles. The van der Waals surface area contributed by atoms with Crippen molar-refractivity contribution in [2.75, 3.05) is 29.8 Å². The molecule has 1 aromatic carbocycles. The summed E-state index contributed by atoms with van der Waals surface area (Å²) in [6.45, 7) is 5.48. The van der Waals surface area contributed by atoms with Crippen molar-refractivity contribution in [3.63, 3.8) is 0 Å². The van der Waals surface area contributed by atoms with Gasteiger partial charge in [0.05, 0.1) is 30.1 Å². The smallest absolute Gasteiger partial charge is 0.262 e. The van der Waals surface area contributed by atoms with Gasteiger partial charge >= 0.3 is 0 Å². The Morgan fingerprint density at radius 3 is 2.32 bits per heavy atom. The predicted molar refractivity (Wildman–Crippen MR) is 96.8 cm³/mol. The Morgan fingerprint density at radius 1 is 1.08 bits per heavy atom. The summed E-state index contributed by atoms with van der Waals surface area (Å²) in [5.41, 5.74) is 1.79. The molecule has 1 N–H and O–H groups in total. The van der Waals surface area contributed by atoms with Gasteiger partial charge in [-0.3, -0.25) is 4.72 Å². The quantitative estimate of drug-likeness (QED) is 0.880. The molecule has 1 aliphatic heterocycles. The standard InChI is InChI=1S/C17H22N4O3S/c1-12-13(2)16(7-6-15(12)24-3)25(22,23)20-14-10-18-17(19-11-14)21-8-4-5-9-21/h6-7,10-11,20H,4-5,8-9H2,1-3H3. The number of methoxy groups -OCH3 is 1. The van der Waals surface area contributed by atoms with Crippen molar-refractivity contribution in [3.05, 3.63) is 35.7 Å². The highest BCUT2D eigenvalue weighted by molar-refractivity contribution is 7.92. The number of aromatic nitrogens is 2. The van der Waals surface area contributed by atoms with Gasteiger partial charge in [0.2, 0.25) is 5.95 Å². The van der Waals surface area contributed by atoms with Crippen molar-refractivity contribution in [2.45, 2.75) is 31.6 Å². The largest absolute Gasteiger partial charge is 0.496 e. The fourth-order valence-corrected chi connectivity index (χ4v) is 4.28. The Hall–Kier alpha value is -2.35. The van der Waals surface area contributed by atoms with Crippen molar-refractivity contribution in [3.8, 4) is 5.75 Å². The Kier molecular flexibility index (Phi) is 4.80. The van der Waals surface area contributed by atoms with Crippen molar-refractivity contribution >= 4 is 21.7 Å². The summed E-state index contributed by atoms with van der Waals surface area (Å²) in [5.74, 6) is 1.30. The molecule has 3 rings (SSSR count). The van der Waals surface area contributed by atoms with Gasteiger partial charge in [-0.25, -0.2) is 18.4 Å². The van der Waals surface area contributed by atoms with Crippen molar-refractivity contribution in [1.82, 2.24) is 9.97 Å². The number of ether oxygens (including phenoxy) is 1. The van der Waals surface area contributed by atoms with Crippen molar-refractivity contribution in [1.29, 1.82) is 0 Å². The molecule has 0 radical (unpaired) electrons.